The molecule has 0 unspecified atom stereocenters. The molecule has 2 bridgehead atoms. The summed E-state index contributed by atoms with van der Waals surface area (Å²) in [6.07, 6.45) is -4.83. The average Bonchev–Trinajstić information content (AvgIpc) is 3.25. The third-order valence-corrected chi connectivity index (χ3v) is 9.29. The van der Waals surface area contributed by atoms with Gasteiger partial charge in [-0.2, -0.15) is 0 Å². The van der Waals surface area contributed by atoms with Crippen LogP contribution in [0.4, 0.5) is 0 Å². The van der Waals surface area contributed by atoms with Gasteiger partial charge in [-0.3, -0.25) is 4.79 Å². The van der Waals surface area contributed by atoms with Crippen molar-refractivity contribution in [3.63, 3.8) is 0 Å². The van der Waals surface area contributed by atoms with Gasteiger partial charge in [0.2, 0.25) is 23.1 Å². The van der Waals surface area contributed by atoms with Gasteiger partial charge < -0.3 is 44.5 Å². The molecule has 2 heterocycles. The van der Waals surface area contributed by atoms with Crippen LogP contribution in [0, 0.1) is 17.8 Å². The molecule has 2 aliphatic rings. The van der Waals surface area contributed by atoms with Gasteiger partial charge >= 0.3 is 29.8 Å². The van der Waals surface area contributed by atoms with Crippen LogP contribution >= 0.6 is 0 Å². The van der Waals surface area contributed by atoms with Crippen molar-refractivity contribution in [2.45, 2.75) is 108 Å². The Hall–Kier alpha value is -4.11. The minimum Gasteiger partial charge on any atom is -0.479 e. The number of esters is 2. The van der Waals surface area contributed by atoms with Gasteiger partial charge in [-0.05, 0) is 42.2 Å². The highest BCUT2D eigenvalue weighted by Gasteiger charge is 2.85. The summed E-state index contributed by atoms with van der Waals surface area (Å²) in [6, 6.07) is 9.29. The molecule has 10 atom stereocenters. The Kier molecular flexibility index (Phi) is 12.5. The number of fused-ring (bicyclic) bond motifs is 2. The number of aliphatic hydroxyl groups excluding tert-OH is 1. The Morgan fingerprint density at radius 1 is 1.04 bits per heavy atom. The largest absolute Gasteiger partial charge is 0.479 e. The van der Waals surface area contributed by atoms with Gasteiger partial charge in [-0.1, -0.05) is 77.1 Å². The molecule has 0 aromatic heterocycles. The zero-order chi connectivity index (χ0) is 36.9. The molecule has 2 saturated heterocycles. The zero-order valence-electron chi connectivity index (χ0n) is 28.2. The standard InChI is InChI=1S/C35H46O14/c1-7-19(2)17-20(3)13-14-25(37)47-28-27(38)33(48-29(30(39)40)34(45,31(41)42)35(28,49-33)32(43)44)16-15-21(4)26(46-23(6)36)22(5)18-24-11-9-8-10-12-24/h8-14,19-20,22,26-29,38,45H,4,7,15-18H2,1-3,5-6H3,(H,39,40)(H,41,42)(H,43,44)/b14-13+/t19-,20+,22+,26+,27+,28+,29+,33-,34+,35-/m0/s1/i14+1,15+1,16+1,18+1,19+1,20+1,22+1,27+1,29+1,34+1,35+1. The lowest BCUT2D eigenvalue weighted by atomic mass is 10.2. The number of carboxylic acid groups (broad SMARTS) is 3. The minimum atomic E-state index is -3.90. The first kappa shape index (κ1) is 39.3. The first-order valence-corrected chi connectivity index (χ1v) is 16.1. The van der Waals surface area contributed by atoms with Crippen molar-refractivity contribution < 1.29 is 68.5 Å². The molecule has 0 amide bonds. The molecule has 5 N–H and O–H groups in total. The predicted molar refractivity (Wildman–Crippen MR) is 171 cm³/mol. The third-order valence-electron chi connectivity index (χ3n) is 9.29. The number of benzene rings is 1. The summed E-state index contributed by atoms with van der Waals surface area (Å²) in [7, 11) is 0. The van der Waals surface area contributed by atoms with E-state index in [0.717, 1.165) is 18.1 Å². The molecule has 1 aromatic rings. The summed E-state index contributed by atoms with van der Waals surface area (Å²) in [5.74, 6) is -11.3. The summed E-state index contributed by atoms with van der Waals surface area (Å²) in [6.45, 7) is 12.9. The lowest BCUT2D eigenvalue weighted by Gasteiger charge is -2.48. The van der Waals surface area contributed by atoms with Crippen molar-refractivity contribution in [1.82, 2.24) is 0 Å². The maximum absolute atomic E-state index is 13.0. The highest BCUT2D eigenvalue weighted by molar-refractivity contribution is 5.98. The maximum atomic E-state index is 13.0. The van der Waals surface area contributed by atoms with Gasteiger partial charge in [0.05, 0.1) is 0 Å². The highest BCUT2D eigenvalue weighted by Crippen LogP contribution is 2.56. The second-order valence-corrected chi connectivity index (χ2v) is 13.1. The van der Waals surface area contributed by atoms with E-state index in [0.29, 0.717) is 18.8 Å². The number of aliphatic carboxylic acids is 3. The monoisotopic (exact) mass is 701 g/mol. The van der Waals surface area contributed by atoms with Crippen LogP contribution in [0.25, 0.3) is 0 Å². The van der Waals surface area contributed by atoms with E-state index in [1.165, 1.54) is 13.0 Å². The molecule has 49 heavy (non-hydrogen) atoms. The number of carboxylic acids is 3. The van der Waals surface area contributed by atoms with Gasteiger partial charge in [0, 0.05) is 25.3 Å². The number of hydrogen-bond donors (Lipinski definition) is 5. The Morgan fingerprint density at radius 2 is 1.67 bits per heavy atom. The molecule has 3 rings (SSSR count). The van der Waals surface area contributed by atoms with E-state index in [-0.39, 0.29) is 23.8 Å². The van der Waals surface area contributed by atoms with Crippen molar-refractivity contribution in [3.8, 4) is 0 Å². The number of carbonyl (C=O) groups is 5. The predicted octanol–water partition coefficient (Wildman–Crippen LogP) is 2.88. The number of allylic oxidation sites excluding steroid dienone is 1. The van der Waals surface area contributed by atoms with Crippen LogP contribution in [0.1, 0.15) is 65.9 Å². The molecule has 14 nitrogen and oxygen atoms in total. The van der Waals surface area contributed by atoms with Crippen LogP contribution < -0.4 is 0 Å². The van der Waals surface area contributed by atoms with Crippen LogP contribution in [0.3, 0.4) is 0 Å². The maximum Gasteiger partial charge on any atom is 0.344 e. The van der Waals surface area contributed by atoms with E-state index in [9.17, 15) is 49.5 Å². The average molecular weight is 702 g/mol. The molecule has 2 aliphatic heterocycles. The SMILES string of the molecule is C=C([13CH2][13CH2][C@]12O[13C@H](C(=O)O)[13C@@](O)(C(=O)O)[13C@](C(=O)O)(O1)[C@H](OC(=O)/[13CH]=C/[13C@@H](C)C[13C@@H](C)CC)[13C@H]2O)[C@@H](OC(C)=O)[13C@H](C)[13CH2]c1ccccc1. The van der Waals surface area contributed by atoms with E-state index in [4.69, 9.17) is 18.9 Å². The molecule has 2 fully saturated rings. The Bertz CT molecular complexity index is 1440. The van der Waals surface area contributed by atoms with Gasteiger partial charge in [-0.25, -0.2) is 19.2 Å². The van der Waals surface area contributed by atoms with Crippen molar-refractivity contribution in [1.29, 1.82) is 0 Å². The number of carbonyl (C=O) groups excluding carboxylic acids is 2. The van der Waals surface area contributed by atoms with E-state index < -0.39 is 77.7 Å². The summed E-state index contributed by atoms with van der Waals surface area (Å²) < 4.78 is 22.0. The van der Waals surface area contributed by atoms with Crippen molar-refractivity contribution in [2.75, 3.05) is 0 Å². The summed E-state index contributed by atoms with van der Waals surface area (Å²) in [5, 5.41) is 53.5. The van der Waals surface area contributed by atoms with Gasteiger partial charge in [0.1, 0.15) is 12.2 Å². The van der Waals surface area contributed by atoms with Crippen LogP contribution in [-0.2, 0) is 49.3 Å². The van der Waals surface area contributed by atoms with E-state index in [1.807, 2.05) is 51.1 Å². The zero-order valence-corrected chi connectivity index (χ0v) is 28.2. The molecule has 0 spiro atoms. The van der Waals surface area contributed by atoms with E-state index >= 15 is 0 Å². The second-order valence-electron chi connectivity index (χ2n) is 13.1. The third kappa shape index (κ3) is 7.88. The highest BCUT2D eigenvalue weighted by atomic mass is 16.9. The Labute approximate surface area is 284 Å². The molecule has 0 saturated carbocycles. The van der Waals surface area contributed by atoms with Gasteiger partial charge in [0.15, 0.2) is 6.10 Å². The smallest absolute Gasteiger partial charge is 0.344 e. The number of ether oxygens (including phenoxy) is 4. The topological polar surface area (TPSA) is 223 Å². The normalized spacial score (nSPS) is 30.1. The van der Waals surface area contributed by atoms with E-state index in [1.54, 1.807) is 6.92 Å². The minimum absolute atomic E-state index is 0.123. The Balaban J connectivity index is 2.02. The summed E-state index contributed by atoms with van der Waals surface area (Å²) >= 11 is 0. The fraction of sp³-hybridized carbons (Fsp3) is 0.571. The molecule has 0 aliphatic carbocycles. The fourth-order valence-corrected chi connectivity index (χ4v) is 6.58. The van der Waals surface area contributed by atoms with Crippen LogP contribution in [0.15, 0.2) is 54.6 Å². The Morgan fingerprint density at radius 3 is 2.20 bits per heavy atom. The second kappa shape index (κ2) is 15.6. The summed E-state index contributed by atoms with van der Waals surface area (Å²) in [5.41, 5.74) is -6.27. The number of aliphatic hydroxyl groups is 2. The number of hydrogen-bond acceptors (Lipinski definition) is 11. The molecule has 1 aromatic carbocycles. The first-order valence-electron chi connectivity index (χ1n) is 16.1. The fourth-order valence-electron chi connectivity index (χ4n) is 6.58. The lowest BCUT2D eigenvalue weighted by Crippen LogP contribution is -2.78. The first-order chi connectivity index (χ1) is 22.9. The summed E-state index contributed by atoms with van der Waals surface area (Å²) in [4.78, 5) is 63.0. The van der Waals surface area contributed by atoms with Crippen LogP contribution in [0.5, 0.6) is 0 Å². The lowest BCUT2D eigenvalue weighted by molar-refractivity contribution is -0.374. The van der Waals surface area contributed by atoms with Crippen molar-refractivity contribution >= 4 is 29.8 Å². The van der Waals surface area contributed by atoms with Crippen molar-refractivity contribution in [2.24, 2.45) is 17.8 Å². The van der Waals surface area contributed by atoms with Gasteiger partial charge in [0.25, 0.3) is 0 Å². The quantitative estimate of drug-likeness (QED) is 0.0682. The van der Waals surface area contributed by atoms with Crippen LogP contribution in [0.2, 0.25) is 0 Å². The molecule has 0 radical (unpaired) electrons. The van der Waals surface area contributed by atoms with Gasteiger partial charge in [-0.15, -0.1) is 0 Å². The molecular weight excluding hydrogens is 655 g/mol. The van der Waals surface area contributed by atoms with Crippen molar-refractivity contribution in [3.05, 3.63) is 60.2 Å². The number of rotatable bonds is 17. The molecule has 270 valence electrons. The molecular formula is C35H46O14. The molecule has 14 heteroatoms. The van der Waals surface area contributed by atoms with E-state index in [2.05, 4.69) is 6.58 Å². The van der Waals surface area contributed by atoms with Crippen LogP contribution in [-0.4, -0.2) is 96.8 Å².